The molecule has 2 aromatic rings. The van der Waals surface area contributed by atoms with E-state index in [1.807, 2.05) is 0 Å². The minimum Gasteiger partial charge on any atom is -0.495 e. The van der Waals surface area contributed by atoms with Crippen molar-refractivity contribution >= 4 is 44.8 Å². The number of sulfonamides is 1. The number of rotatable bonds is 6. The van der Waals surface area contributed by atoms with E-state index in [0.29, 0.717) is 29.5 Å². The topological polar surface area (TPSA) is 96.0 Å². The van der Waals surface area contributed by atoms with Gasteiger partial charge in [0.2, 0.25) is 21.8 Å². The van der Waals surface area contributed by atoms with Crippen molar-refractivity contribution < 1.29 is 22.7 Å². The Morgan fingerprint density at radius 1 is 1.12 bits per heavy atom. The standard InChI is InChI=1S/C23H26ClN3O5S/c1-32-21-9-8-19(33(30,31)26-10-3-2-4-11-26)14-20(21)25-23(29)16-12-22(28)27(15-16)18-7-5-6-17(24)13-18/h5-9,13-14,16H,2-4,10-12,15H2,1H3,(H,25,29). The van der Waals surface area contributed by atoms with Gasteiger partial charge in [-0.25, -0.2) is 8.42 Å². The molecule has 2 heterocycles. The number of ether oxygens (including phenoxy) is 1. The van der Waals surface area contributed by atoms with Gasteiger partial charge in [0, 0.05) is 36.8 Å². The Kier molecular flexibility index (Phi) is 6.92. The number of anilines is 2. The second-order valence-corrected chi connectivity index (χ2v) is 10.6. The van der Waals surface area contributed by atoms with Crippen LogP contribution in [0.3, 0.4) is 0 Å². The number of piperidine rings is 1. The van der Waals surface area contributed by atoms with E-state index < -0.39 is 15.9 Å². The summed E-state index contributed by atoms with van der Waals surface area (Å²) in [5.41, 5.74) is 0.893. The van der Waals surface area contributed by atoms with E-state index in [4.69, 9.17) is 16.3 Å². The lowest BCUT2D eigenvalue weighted by atomic mass is 10.1. The Balaban J connectivity index is 1.53. The van der Waals surface area contributed by atoms with Gasteiger partial charge in [0.25, 0.3) is 0 Å². The van der Waals surface area contributed by atoms with Gasteiger partial charge in [-0.2, -0.15) is 4.31 Å². The molecule has 1 unspecified atom stereocenters. The van der Waals surface area contributed by atoms with Crippen LogP contribution in [-0.2, 0) is 19.6 Å². The van der Waals surface area contributed by atoms with Crippen molar-refractivity contribution in [2.45, 2.75) is 30.6 Å². The van der Waals surface area contributed by atoms with Crippen LogP contribution in [0, 0.1) is 5.92 Å². The number of amides is 2. The summed E-state index contributed by atoms with van der Waals surface area (Å²) in [7, 11) is -2.22. The monoisotopic (exact) mass is 491 g/mol. The van der Waals surface area contributed by atoms with Crippen LogP contribution < -0.4 is 15.0 Å². The van der Waals surface area contributed by atoms with Crippen LogP contribution in [0.15, 0.2) is 47.4 Å². The molecule has 10 heteroatoms. The summed E-state index contributed by atoms with van der Waals surface area (Å²) in [6, 6.07) is 11.3. The molecule has 0 saturated carbocycles. The van der Waals surface area contributed by atoms with Gasteiger partial charge in [-0.3, -0.25) is 9.59 Å². The van der Waals surface area contributed by atoms with Gasteiger partial charge in [0.1, 0.15) is 5.75 Å². The van der Waals surface area contributed by atoms with Crippen molar-refractivity contribution in [3.8, 4) is 5.75 Å². The van der Waals surface area contributed by atoms with Crippen molar-refractivity contribution in [2.75, 3.05) is 37.0 Å². The summed E-state index contributed by atoms with van der Waals surface area (Å²) in [6.45, 7) is 1.18. The van der Waals surface area contributed by atoms with Crippen molar-refractivity contribution in [1.29, 1.82) is 0 Å². The summed E-state index contributed by atoms with van der Waals surface area (Å²) in [4.78, 5) is 27.2. The molecule has 1 N–H and O–H groups in total. The highest BCUT2D eigenvalue weighted by molar-refractivity contribution is 7.89. The van der Waals surface area contributed by atoms with Crippen LogP contribution in [0.4, 0.5) is 11.4 Å². The maximum absolute atomic E-state index is 13.1. The predicted octanol–water partition coefficient (Wildman–Crippen LogP) is 3.51. The van der Waals surface area contributed by atoms with Crippen molar-refractivity contribution in [3.63, 3.8) is 0 Å². The first-order chi connectivity index (χ1) is 15.8. The number of hydrogen-bond donors (Lipinski definition) is 1. The molecule has 2 amide bonds. The smallest absolute Gasteiger partial charge is 0.243 e. The third-order valence-electron chi connectivity index (χ3n) is 6.00. The number of carbonyl (C=O) groups excluding carboxylic acids is 2. The Morgan fingerprint density at radius 2 is 1.88 bits per heavy atom. The molecule has 4 rings (SSSR count). The molecule has 0 aliphatic carbocycles. The molecule has 0 spiro atoms. The average Bonchev–Trinajstić information content (AvgIpc) is 3.21. The largest absolute Gasteiger partial charge is 0.495 e. The number of benzene rings is 2. The van der Waals surface area contributed by atoms with Crippen LogP contribution in [0.5, 0.6) is 5.75 Å². The second-order valence-electron chi connectivity index (χ2n) is 8.20. The zero-order valence-corrected chi connectivity index (χ0v) is 19.9. The molecule has 2 aromatic carbocycles. The quantitative estimate of drug-likeness (QED) is 0.667. The lowest BCUT2D eigenvalue weighted by Gasteiger charge is -2.26. The number of nitrogens with one attached hydrogen (secondary N) is 1. The van der Waals surface area contributed by atoms with Gasteiger partial charge in [0.15, 0.2) is 0 Å². The summed E-state index contributed by atoms with van der Waals surface area (Å²) in [5, 5.41) is 3.28. The minimum absolute atomic E-state index is 0.0480. The maximum Gasteiger partial charge on any atom is 0.243 e. The molecule has 33 heavy (non-hydrogen) atoms. The molecule has 2 fully saturated rings. The Labute approximate surface area is 198 Å². The van der Waals surface area contributed by atoms with Gasteiger partial charge >= 0.3 is 0 Å². The fraction of sp³-hybridized carbons (Fsp3) is 0.391. The lowest BCUT2D eigenvalue weighted by molar-refractivity contribution is -0.122. The van der Waals surface area contributed by atoms with Gasteiger partial charge < -0.3 is 15.0 Å². The number of hydrogen-bond acceptors (Lipinski definition) is 5. The first-order valence-electron chi connectivity index (χ1n) is 10.8. The van der Waals surface area contributed by atoms with Crippen LogP contribution in [0.1, 0.15) is 25.7 Å². The van der Waals surface area contributed by atoms with Gasteiger partial charge in [-0.1, -0.05) is 24.1 Å². The number of halogens is 1. The van der Waals surface area contributed by atoms with E-state index in [2.05, 4.69) is 5.32 Å². The predicted molar refractivity (Wildman–Crippen MR) is 126 cm³/mol. The zero-order chi connectivity index (χ0) is 23.6. The molecule has 2 aliphatic rings. The van der Waals surface area contributed by atoms with Crippen LogP contribution in [0.2, 0.25) is 5.02 Å². The van der Waals surface area contributed by atoms with E-state index in [0.717, 1.165) is 19.3 Å². The van der Waals surface area contributed by atoms with Crippen LogP contribution >= 0.6 is 11.6 Å². The first-order valence-corrected chi connectivity index (χ1v) is 12.7. The second kappa shape index (κ2) is 9.70. The van der Waals surface area contributed by atoms with E-state index in [1.54, 1.807) is 24.3 Å². The highest BCUT2D eigenvalue weighted by Gasteiger charge is 2.36. The van der Waals surface area contributed by atoms with Crippen LogP contribution in [-0.4, -0.2) is 51.3 Å². The highest BCUT2D eigenvalue weighted by Crippen LogP contribution is 2.32. The number of methoxy groups -OCH3 is 1. The molecule has 2 aliphatic heterocycles. The summed E-state index contributed by atoms with van der Waals surface area (Å²) in [5.74, 6) is -0.801. The van der Waals surface area contributed by atoms with Crippen molar-refractivity contribution in [1.82, 2.24) is 4.31 Å². The molecule has 8 nitrogen and oxygen atoms in total. The van der Waals surface area contributed by atoms with E-state index in [1.165, 1.54) is 34.5 Å². The molecule has 0 radical (unpaired) electrons. The molecule has 0 bridgehead atoms. The molecule has 1 atom stereocenters. The van der Waals surface area contributed by atoms with Gasteiger partial charge in [0.05, 0.1) is 23.6 Å². The third kappa shape index (κ3) is 5.00. The zero-order valence-electron chi connectivity index (χ0n) is 18.3. The first kappa shape index (κ1) is 23.5. The molecule has 0 aromatic heterocycles. The number of nitrogens with zero attached hydrogens (tertiary/aromatic N) is 2. The highest BCUT2D eigenvalue weighted by atomic mass is 35.5. The fourth-order valence-corrected chi connectivity index (χ4v) is 5.94. The van der Waals surface area contributed by atoms with Gasteiger partial charge in [-0.05, 0) is 49.2 Å². The maximum atomic E-state index is 13.1. The Morgan fingerprint density at radius 3 is 2.58 bits per heavy atom. The third-order valence-corrected chi connectivity index (χ3v) is 8.13. The molecule has 2 saturated heterocycles. The Bertz CT molecular complexity index is 1160. The summed E-state index contributed by atoms with van der Waals surface area (Å²) < 4.78 is 32.9. The molecule has 176 valence electrons. The van der Waals surface area contributed by atoms with Crippen molar-refractivity contribution in [3.05, 3.63) is 47.5 Å². The van der Waals surface area contributed by atoms with E-state index in [-0.39, 0.29) is 35.4 Å². The molecular formula is C23H26ClN3O5S. The van der Waals surface area contributed by atoms with E-state index >= 15 is 0 Å². The van der Waals surface area contributed by atoms with E-state index in [9.17, 15) is 18.0 Å². The Hall–Kier alpha value is -2.62. The summed E-state index contributed by atoms with van der Waals surface area (Å²) >= 11 is 6.03. The normalized spacial score (nSPS) is 19.5. The van der Waals surface area contributed by atoms with Crippen LogP contribution in [0.25, 0.3) is 0 Å². The molecular weight excluding hydrogens is 466 g/mol. The summed E-state index contributed by atoms with van der Waals surface area (Å²) in [6.07, 6.45) is 2.73. The fourth-order valence-electron chi connectivity index (χ4n) is 4.21. The van der Waals surface area contributed by atoms with Gasteiger partial charge in [-0.15, -0.1) is 0 Å². The lowest BCUT2D eigenvalue weighted by Crippen LogP contribution is -2.35. The number of carbonyl (C=O) groups is 2. The SMILES string of the molecule is COc1ccc(S(=O)(=O)N2CCCCC2)cc1NC(=O)C1CC(=O)N(c2cccc(Cl)c2)C1. The van der Waals surface area contributed by atoms with Crippen molar-refractivity contribution in [2.24, 2.45) is 5.92 Å². The average molecular weight is 492 g/mol. The minimum atomic E-state index is -3.67.